The van der Waals surface area contributed by atoms with Crippen molar-refractivity contribution >= 4 is 0 Å². The largest absolute Gasteiger partial charge is 0.496 e. The number of methoxy groups -OCH3 is 1. The third-order valence-electron chi connectivity index (χ3n) is 3.09. The van der Waals surface area contributed by atoms with Crippen LogP contribution in [-0.4, -0.2) is 13.7 Å². The second-order valence-electron chi connectivity index (χ2n) is 3.85. The van der Waals surface area contributed by atoms with E-state index in [2.05, 4.69) is 12.1 Å². The van der Waals surface area contributed by atoms with Gasteiger partial charge in [0.1, 0.15) is 5.75 Å². The smallest absolute Gasteiger partial charge is 0.122 e. The maximum absolute atomic E-state index is 5.77. The summed E-state index contributed by atoms with van der Waals surface area (Å²) in [4.78, 5) is 0. The molecule has 2 N–H and O–H groups in total. The number of fused-ring (bicyclic) bond motifs is 1. The van der Waals surface area contributed by atoms with Crippen molar-refractivity contribution in [2.45, 2.75) is 25.2 Å². The molecule has 1 aliphatic carbocycles. The first-order valence-corrected chi connectivity index (χ1v) is 5.22. The molecule has 0 saturated heterocycles. The van der Waals surface area contributed by atoms with Crippen LogP contribution in [0.15, 0.2) is 18.2 Å². The Bertz CT molecular complexity index is 322. The van der Waals surface area contributed by atoms with E-state index in [0.717, 1.165) is 18.7 Å². The van der Waals surface area contributed by atoms with Crippen LogP contribution in [0.2, 0.25) is 0 Å². The highest BCUT2D eigenvalue weighted by Crippen LogP contribution is 2.35. The zero-order chi connectivity index (χ0) is 9.97. The Morgan fingerprint density at radius 2 is 2.36 bits per heavy atom. The molecule has 0 aliphatic heterocycles. The third-order valence-corrected chi connectivity index (χ3v) is 3.09. The molecule has 0 radical (unpaired) electrons. The molecule has 1 aromatic rings. The summed E-state index contributed by atoms with van der Waals surface area (Å²) in [7, 11) is 1.74. The van der Waals surface area contributed by atoms with E-state index in [1.807, 2.05) is 6.07 Å². The van der Waals surface area contributed by atoms with E-state index >= 15 is 0 Å². The number of rotatable bonds is 2. The van der Waals surface area contributed by atoms with E-state index in [9.17, 15) is 0 Å². The molecule has 2 nitrogen and oxygen atoms in total. The van der Waals surface area contributed by atoms with E-state index in [0.29, 0.717) is 5.92 Å². The van der Waals surface area contributed by atoms with Crippen LogP contribution in [0.4, 0.5) is 0 Å². The van der Waals surface area contributed by atoms with Crippen LogP contribution in [0.25, 0.3) is 0 Å². The van der Waals surface area contributed by atoms with Gasteiger partial charge in [-0.25, -0.2) is 0 Å². The summed E-state index contributed by atoms with van der Waals surface area (Å²) in [5.74, 6) is 1.56. The van der Waals surface area contributed by atoms with Gasteiger partial charge < -0.3 is 10.5 Å². The first-order valence-electron chi connectivity index (χ1n) is 5.22. The molecule has 1 atom stereocenters. The average Bonchev–Trinajstić information content (AvgIpc) is 2.27. The normalized spacial score (nSPS) is 20.3. The van der Waals surface area contributed by atoms with E-state index in [4.69, 9.17) is 10.5 Å². The molecule has 1 aromatic carbocycles. The lowest BCUT2D eigenvalue weighted by atomic mass is 9.82. The standard InChI is InChI=1S/C12H17NO/c1-14-12-7-3-5-10-9(8-13)4-2-6-11(10)12/h3,5,7,9H,2,4,6,8,13H2,1H3/t9-/m1/s1. The quantitative estimate of drug-likeness (QED) is 0.776. The van der Waals surface area contributed by atoms with Crippen LogP contribution in [0, 0.1) is 0 Å². The van der Waals surface area contributed by atoms with Crippen LogP contribution < -0.4 is 10.5 Å². The molecule has 0 spiro atoms. The minimum absolute atomic E-state index is 0.536. The number of ether oxygens (including phenoxy) is 1. The van der Waals surface area contributed by atoms with Gasteiger partial charge in [-0.1, -0.05) is 12.1 Å². The topological polar surface area (TPSA) is 35.2 Å². The molecule has 76 valence electrons. The average molecular weight is 191 g/mol. The minimum atomic E-state index is 0.536. The van der Waals surface area contributed by atoms with Crippen molar-refractivity contribution in [3.05, 3.63) is 29.3 Å². The van der Waals surface area contributed by atoms with E-state index in [-0.39, 0.29) is 0 Å². The second-order valence-corrected chi connectivity index (χ2v) is 3.85. The number of benzene rings is 1. The first-order chi connectivity index (χ1) is 6.86. The molecule has 1 aliphatic rings. The molecule has 0 aromatic heterocycles. The zero-order valence-electron chi connectivity index (χ0n) is 8.62. The lowest BCUT2D eigenvalue weighted by Crippen LogP contribution is -2.18. The summed E-state index contributed by atoms with van der Waals surface area (Å²) >= 11 is 0. The fourth-order valence-electron chi connectivity index (χ4n) is 2.35. The van der Waals surface area contributed by atoms with Crippen molar-refractivity contribution in [1.29, 1.82) is 0 Å². The lowest BCUT2D eigenvalue weighted by molar-refractivity contribution is 0.403. The molecule has 0 amide bonds. The molecule has 0 fully saturated rings. The van der Waals surface area contributed by atoms with Gasteiger partial charge in [-0.05, 0) is 48.9 Å². The highest BCUT2D eigenvalue weighted by Gasteiger charge is 2.21. The summed E-state index contributed by atoms with van der Waals surface area (Å²) in [6, 6.07) is 6.29. The molecule has 0 saturated carbocycles. The maximum atomic E-state index is 5.77. The monoisotopic (exact) mass is 191 g/mol. The predicted octanol–water partition coefficient (Wildman–Crippen LogP) is 2.07. The number of nitrogens with two attached hydrogens (primary N) is 1. The van der Waals surface area contributed by atoms with Crippen molar-refractivity contribution < 1.29 is 4.74 Å². The van der Waals surface area contributed by atoms with Gasteiger partial charge >= 0.3 is 0 Å². The fourth-order valence-corrected chi connectivity index (χ4v) is 2.35. The van der Waals surface area contributed by atoms with E-state index in [1.54, 1.807) is 7.11 Å². The van der Waals surface area contributed by atoms with E-state index in [1.165, 1.54) is 24.0 Å². The molecular weight excluding hydrogens is 174 g/mol. The van der Waals surface area contributed by atoms with Crippen LogP contribution in [0.3, 0.4) is 0 Å². The molecular formula is C12H17NO. The molecule has 14 heavy (non-hydrogen) atoms. The Labute approximate surface area is 85.1 Å². The Morgan fingerprint density at radius 3 is 3.07 bits per heavy atom. The summed E-state index contributed by atoms with van der Waals surface area (Å²) in [5.41, 5.74) is 8.54. The first kappa shape index (κ1) is 9.53. The van der Waals surface area contributed by atoms with Crippen LogP contribution in [-0.2, 0) is 6.42 Å². The van der Waals surface area contributed by atoms with Crippen molar-refractivity contribution in [1.82, 2.24) is 0 Å². The second kappa shape index (κ2) is 4.01. The summed E-state index contributed by atoms with van der Waals surface area (Å²) < 4.78 is 5.36. The van der Waals surface area contributed by atoms with Crippen molar-refractivity contribution in [3.8, 4) is 5.75 Å². The number of hydrogen-bond acceptors (Lipinski definition) is 2. The van der Waals surface area contributed by atoms with Gasteiger partial charge in [-0.15, -0.1) is 0 Å². The minimum Gasteiger partial charge on any atom is -0.496 e. The Hall–Kier alpha value is -1.02. The lowest BCUT2D eigenvalue weighted by Gasteiger charge is -2.25. The van der Waals surface area contributed by atoms with Gasteiger partial charge in [0.15, 0.2) is 0 Å². The van der Waals surface area contributed by atoms with Gasteiger partial charge in [-0.3, -0.25) is 0 Å². The summed E-state index contributed by atoms with van der Waals surface area (Å²) in [5, 5.41) is 0. The molecule has 0 unspecified atom stereocenters. The SMILES string of the molecule is COc1cccc2c1CCC[C@@H]2CN. The molecule has 2 rings (SSSR count). The summed E-state index contributed by atoms with van der Waals surface area (Å²) in [6.07, 6.45) is 3.59. The highest BCUT2D eigenvalue weighted by molar-refractivity contribution is 5.43. The van der Waals surface area contributed by atoms with Crippen molar-refractivity contribution in [2.24, 2.45) is 5.73 Å². The van der Waals surface area contributed by atoms with Gasteiger partial charge in [0.2, 0.25) is 0 Å². The predicted molar refractivity (Wildman–Crippen MR) is 57.7 cm³/mol. The van der Waals surface area contributed by atoms with Crippen molar-refractivity contribution in [3.63, 3.8) is 0 Å². The highest BCUT2D eigenvalue weighted by atomic mass is 16.5. The molecule has 0 heterocycles. The van der Waals surface area contributed by atoms with Gasteiger partial charge in [0, 0.05) is 0 Å². The third kappa shape index (κ3) is 1.50. The zero-order valence-corrected chi connectivity index (χ0v) is 8.62. The molecule has 2 heteroatoms. The van der Waals surface area contributed by atoms with Crippen LogP contribution in [0.1, 0.15) is 29.9 Å². The van der Waals surface area contributed by atoms with E-state index < -0.39 is 0 Å². The number of hydrogen-bond donors (Lipinski definition) is 1. The van der Waals surface area contributed by atoms with Gasteiger partial charge in [-0.2, -0.15) is 0 Å². The fraction of sp³-hybridized carbons (Fsp3) is 0.500. The summed E-state index contributed by atoms with van der Waals surface area (Å²) in [6.45, 7) is 0.750. The van der Waals surface area contributed by atoms with Gasteiger partial charge in [0.05, 0.1) is 7.11 Å². The van der Waals surface area contributed by atoms with Crippen molar-refractivity contribution in [2.75, 3.05) is 13.7 Å². The van der Waals surface area contributed by atoms with Crippen LogP contribution in [0.5, 0.6) is 5.75 Å². The van der Waals surface area contributed by atoms with Crippen LogP contribution >= 0.6 is 0 Å². The maximum Gasteiger partial charge on any atom is 0.122 e. The Kier molecular flexibility index (Phi) is 2.73. The van der Waals surface area contributed by atoms with Gasteiger partial charge in [0.25, 0.3) is 0 Å². The Balaban J connectivity index is 2.43. The molecule has 0 bridgehead atoms. The Morgan fingerprint density at radius 1 is 1.50 bits per heavy atom.